The van der Waals surface area contributed by atoms with E-state index in [9.17, 15) is 26.4 Å². The summed E-state index contributed by atoms with van der Waals surface area (Å²) in [6, 6.07) is 5.10. The number of nitrogens with zero attached hydrogens (tertiary/aromatic N) is 3. The van der Waals surface area contributed by atoms with Gasteiger partial charge in [-0.3, -0.25) is 9.69 Å². The van der Waals surface area contributed by atoms with Gasteiger partial charge >= 0.3 is 6.18 Å². The van der Waals surface area contributed by atoms with Gasteiger partial charge in [-0.1, -0.05) is 18.6 Å². The minimum atomic E-state index is -4.37. The Hall–Kier alpha value is -1.65. The highest BCUT2D eigenvalue weighted by atomic mass is 32.2. The van der Waals surface area contributed by atoms with Crippen LogP contribution in [0.5, 0.6) is 0 Å². The predicted molar refractivity (Wildman–Crippen MR) is 103 cm³/mol. The SMILES string of the molecule is CS(=O)(=O)N1CCN(C(=O)CN2CCCCC2c2ccc(C(F)(F)F)cc2)CC1. The Kier molecular flexibility index (Phi) is 6.54. The summed E-state index contributed by atoms with van der Waals surface area (Å²) in [5.41, 5.74) is 0.107. The van der Waals surface area contributed by atoms with E-state index in [0.29, 0.717) is 19.6 Å². The Morgan fingerprint density at radius 3 is 2.21 bits per heavy atom. The third-order valence-corrected chi connectivity index (χ3v) is 6.94. The maximum absolute atomic E-state index is 12.8. The summed E-state index contributed by atoms with van der Waals surface area (Å²) in [5, 5.41) is 0. The molecule has 1 aromatic carbocycles. The Bertz CT molecular complexity index is 819. The lowest BCUT2D eigenvalue weighted by Crippen LogP contribution is -2.52. The van der Waals surface area contributed by atoms with Crippen LogP contribution in [0.2, 0.25) is 0 Å². The van der Waals surface area contributed by atoms with Crippen LogP contribution in [-0.2, 0) is 21.0 Å². The average molecular weight is 433 g/mol. The summed E-state index contributed by atoms with van der Waals surface area (Å²) < 4.78 is 63.0. The molecule has 0 aliphatic carbocycles. The summed E-state index contributed by atoms with van der Waals surface area (Å²) in [5.74, 6) is -0.0723. The Morgan fingerprint density at radius 1 is 1.03 bits per heavy atom. The van der Waals surface area contributed by atoms with Crippen LogP contribution in [0.15, 0.2) is 24.3 Å². The lowest BCUT2D eigenvalue weighted by molar-refractivity contribution is -0.137. The second kappa shape index (κ2) is 8.61. The molecule has 0 radical (unpaired) electrons. The topological polar surface area (TPSA) is 60.9 Å². The van der Waals surface area contributed by atoms with E-state index < -0.39 is 21.8 Å². The van der Waals surface area contributed by atoms with Gasteiger partial charge in [0.2, 0.25) is 15.9 Å². The van der Waals surface area contributed by atoms with E-state index in [1.54, 1.807) is 4.90 Å². The van der Waals surface area contributed by atoms with Gasteiger partial charge < -0.3 is 4.90 Å². The van der Waals surface area contributed by atoms with Crippen molar-refractivity contribution < 1.29 is 26.4 Å². The molecule has 162 valence electrons. The van der Waals surface area contributed by atoms with Crippen LogP contribution < -0.4 is 0 Å². The molecule has 1 amide bonds. The highest BCUT2D eigenvalue weighted by Crippen LogP contribution is 2.34. The molecule has 6 nitrogen and oxygen atoms in total. The van der Waals surface area contributed by atoms with Crippen molar-refractivity contribution in [2.45, 2.75) is 31.5 Å². The summed E-state index contributed by atoms with van der Waals surface area (Å²) in [6.45, 7) is 2.17. The second-order valence-electron chi connectivity index (χ2n) is 7.64. The van der Waals surface area contributed by atoms with Crippen molar-refractivity contribution in [3.8, 4) is 0 Å². The number of carbonyl (C=O) groups is 1. The number of hydrogen-bond donors (Lipinski definition) is 0. The van der Waals surface area contributed by atoms with Gasteiger partial charge in [-0.2, -0.15) is 17.5 Å². The van der Waals surface area contributed by atoms with Crippen LogP contribution in [0.25, 0.3) is 0 Å². The van der Waals surface area contributed by atoms with Gasteiger partial charge in [0.15, 0.2) is 0 Å². The van der Waals surface area contributed by atoms with Crippen molar-refractivity contribution >= 4 is 15.9 Å². The molecule has 0 spiro atoms. The fraction of sp³-hybridized carbons (Fsp3) is 0.632. The Labute approximate surface area is 169 Å². The Morgan fingerprint density at radius 2 is 1.66 bits per heavy atom. The number of halogens is 3. The van der Waals surface area contributed by atoms with Crippen molar-refractivity contribution in [1.82, 2.24) is 14.1 Å². The molecule has 0 N–H and O–H groups in total. The van der Waals surface area contributed by atoms with E-state index in [1.165, 1.54) is 16.4 Å². The molecule has 1 aromatic rings. The molecule has 0 bridgehead atoms. The number of amides is 1. The zero-order chi connectivity index (χ0) is 21.2. The minimum absolute atomic E-state index is 0.0723. The minimum Gasteiger partial charge on any atom is -0.339 e. The first-order valence-corrected chi connectivity index (χ1v) is 11.5. The van der Waals surface area contributed by atoms with Gasteiger partial charge in [-0.15, -0.1) is 0 Å². The molecule has 2 fully saturated rings. The molecule has 2 saturated heterocycles. The molecule has 2 heterocycles. The first-order chi connectivity index (χ1) is 13.6. The number of piperazine rings is 1. The summed E-state index contributed by atoms with van der Waals surface area (Å²) in [7, 11) is -3.26. The highest BCUT2D eigenvalue weighted by molar-refractivity contribution is 7.88. The van der Waals surface area contributed by atoms with E-state index in [-0.39, 0.29) is 31.6 Å². The number of sulfonamides is 1. The van der Waals surface area contributed by atoms with Crippen LogP contribution in [0.1, 0.15) is 36.4 Å². The van der Waals surface area contributed by atoms with E-state index >= 15 is 0 Å². The standard InChI is InChI=1S/C19H26F3N3O3S/c1-29(27,28)25-12-10-23(11-13-25)18(26)14-24-9-3-2-4-17(24)15-5-7-16(8-6-15)19(20,21)22/h5-8,17H,2-4,9-14H2,1H3. The fourth-order valence-electron chi connectivity index (χ4n) is 3.99. The third-order valence-electron chi connectivity index (χ3n) is 5.64. The third kappa shape index (κ3) is 5.49. The van der Waals surface area contributed by atoms with Crippen molar-refractivity contribution in [2.24, 2.45) is 0 Å². The van der Waals surface area contributed by atoms with E-state index in [0.717, 1.165) is 43.2 Å². The number of benzene rings is 1. The maximum atomic E-state index is 12.8. The van der Waals surface area contributed by atoms with Gasteiger partial charge in [0, 0.05) is 32.2 Å². The first kappa shape index (κ1) is 22.0. The molecule has 0 aromatic heterocycles. The van der Waals surface area contributed by atoms with Gasteiger partial charge in [0.1, 0.15) is 0 Å². The molecule has 3 rings (SSSR count). The van der Waals surface area contributed by atoms with Crippen LogP contribution in [-0.4, -0.2) is 74.0 Å². The average Bonchev–Trinajstić information content (AvgIpc) is 2.67. The van der Waals surface area contributed by atoms with E-state index in [1.807, 2.05) is 4.90 Å². The number of rotatable bonds is 4. The molecular formula is C19H26F3N3O3S. The second-order valence-corrected chi connectivity index (χ2v) is 9.63. The van der Waals surface area contributed by atoms with Gasteiger partial charge in [-0.25, -0.2) is 8.42 Å². The van der Waals surface area contributed by atoms with Crippen molar-refractivity contribution in [3.63, 3.8) is 0 Å². The Balaban J connectivity index is 1.64. The van der Waals surface area contributed by atoms with E-state index in [4.69, 9.17) is 0 Å². The number of piperidine rings is 1. The number of carbonyl (C=O) groups excluding carboxylic acids is 1. The molecule has 2 aliphatic heterocycles. The molecule has 1 atom stereocenters. The van der Waals surface area contributed by atoms with Crippen LogP contribution in [0, 0.1) is 0 Å². The molecule has 1 unspecified atom stereocenters. The molecule has 0 saturated carbocycles. The highest BCUT2D eigenvalue weighted by Gasteiger charge is 2.32. The zero-order valence-corrected chi connectivity index (χ0v) is 17.2. The van der Waals surface area contributed by atoms with Crippen LogP contribution in [0.4, 0.5) is 13.2 Å². The van der Waals surface area contributed by atoms with Crippen molar-refractivity contribution in [3.05, 3.63) is 35.4 Å². The number of alkyl halides is 3. The quantitative estimate of drug-likeness (QED) is 0.731. The monoisotopic (exact) mass is 433 g/mol. The number of hydrogen-bond acceptors (Lipinski definition) is 4. The molecular weight excluding hydrogens is 407 g/mol. The molecule has 2 aliphatic rings. The van der Waals surface area contributed by atoms with Crippen molar-refractivity contribution in [2.75, 3.05) is 45.5 Å². The predicted octanol–water partition coefficient (Wildman–Crippen LogP) is 2.34. The summed E-state index contributed by atoms with van der Waals surface area (Å²) in [6.07, 6.45) is -0.516. The largest absolute Gasteiger partial charge is 0.416 e. The van der Waals surface area contributed by atoms with Gasteiger partial charge in [0.05, 0.1) is 18.4 Å². The lowest BCUT2D eigenvalue weighted by atomic mass is 9.94. The van der Waals surface area contributed by atoms with E-state index in [2.05, 4.69) is 0 Å². The lowest BCUT2D eigenvalue weighted by Gasteiger charge is -2.38. The number of likely N-dealkylation sites (tertiary alicyclic amines) is 1. The smallest absolute Gasteiger partial charge is 0.339 e. The van der Waals surface area contributed by atoms with Crippen LogP contribution in [0.3, 0.4) is 0 Å². The molecule has 29 heavy (non-hydrogen) atoms. The first-order valence-electron chi connectivity index (χ1n) is 9.70. The van der Waals surface area contributed by atoms with Crippen molar-refractivity contribution in [1.29, 1.82) is 0 Å². The normalized spacial score (nSPS) is 22.6. The summed E-state index contributed by atoms with van der Waals surface area (Å²) in [4.78, 5) is 16.4. The van der Waals surface area contributed by atoms with Gasteiger partial charge in [-0.05, 0) is 37.1 Å². The fourth-order valence-corrected chi connectivity index (χ4v) is 4.82. The zero-order valence-electron chi connectivity index (χ0n) is 16.4. The van der Waals surface area contributed by atoms with Crippen LogP contribution >= 0.6 is 0 Å². The van der Waals surface area contributed by atoms with Gasteiger partial charge in [0.25, 0.3) is 0 Å². The maximum Gasteiger partial charge on any atom is 0.416 e. The summed E-state index contributed by atoms with van der Waals surface area (Å²) >= 11 is 0. The molecule has 10 heteroatoms.